The zero-order chi connectivity index (χ0) is 17.9. The van der Waals surface area contributed by atoms with Crippen LogP contribution in [0.2, 0.25) is 0 Å². The second-order valence-electron chi connectivity index (χ2n) is 7.15. The van der Waals surface area contributed by atoms with Gasteiger partial charge in [-0.15, -0.1) is 12.4 Å². The van der Waals surface area contributed by atoms with Crippen molar-refractivity contribution in [1.82, 2.24) is 10.2 Å². The molecule has 1 spiro atoms. The van der Waals surface area contributed by atoms with Gasteiger partial charge in [-0.05, 0) is 55.5 Å². The van der Waals surface area contributed by atoms with Gasteiger partial charge in [0.05, 0.1) is 17.9 Å². The number of hydrogen-bond acceptors (Lipinski definition) is 5. The SMILES string of the molecule is CS(=O)(=O)c1ccc(OCCC(=O)N2CCC3(CCNC3)CC2)cc1.Cl. The van der Waals surface area contributed by atoms with Crippen molar-refractivity contribution in [3.63, 3.8) is 0 Å². The lowest BCUT2D eigenvalue weighted by Gasteiger charge is -2.38. The summed E-state index contributed by atoms with van der Waals surface area (Å²) in [6.07, 6.45) is 4.91. The van der Waals surface area contributed by atoms with Crippen LogP contribution < -0.4 is 10.1 Å². The first kappa shape index (κ1) is 21.0. The van der Waals surface area contributed by atoms with Crippen molar-refractivity contribution in [3.05, 3.63) is 24.3 Å². The van der Waals surface area contributed by atoms with Crippen molar-refractivity contribution in [2.75, 3.05) is 39.0 Å². The van der Waals surface area contributed by atoms with E-state index >= 15 is 0 Å². The van der Waals surface area contributed by atoms with Crippen molar-refractivity contribution < 1.29 is 17.9 Å². The summed E-state index contributed by atoms with van der Waals surface area (Å²) in [5.74, 6) is 0.711. The van der Waals surface area contributed by atoms with Gasteiger partial charge in [0, 0.05) is 25.9 Å². The fraction of sp³-hybridized carbons (Fsp3) is 0.611. The minimum atomic E-state index is -3.20. The Morgan fingerprint density at radius 2 is 1.85 bits per heavy atom. The van der Waals surface area contributed by atoms with E-state index in [1.165, 1.54) is 24.8 Å². The molecule has 0 radical (unpaired) electrons. The number of carbonyl (C=O) groups excluding carboxylic acids is 1. The van der Waals surface area contributed by atoms with Crippen LogP contribution >= 0.6 is 12.4 Å². The summed E-state index contributed by atoms with van der Waals surface area (Å²) in [5, 5.41) is 3.43. The number of rotatable bonds is 5. The first-order chi connectivity index (χ1) is 11.9. The third kappa shape index (κ3) is 5.11. The molecule has 8 heteroatoms. The summed E-state index contributed by atoms with van der Waals surface area (Å²) in [6, 6.07) is 6.29. The Balaban J connectivity index is 0.00000243. The van der Waals surface area contributed by atoms with Crippen LogP contribution in [0.1, 0.15) is 25.7 Å². The van der Waals surface area contributed by atoms with Gasteiger partial charge in [-0.3, -0.25) is 4.79 Å². The number of likely N-dealkylation sites (tertiary alicyclic amines) is 1. The summed E-state index contributed by atoms with van der Waals surface area (Å²) < 4.78 is 28.4. The van der Waals surface area contributed by atoms with Crippen molar-refractivity contribution >= 4 is 28.2 Å². The average molecular weight is 403 g/mol. The number of amides is 1. The lowest BCUT2D eigenvalue weighted by Crippen LogP contribution is -2.44. The van der Waals surface area contributed by atoms with Crippen LogP contribution in [-0.4, -0.2) is 58.3 Å². The normalized spacial score (nSPS) is 19.2. The van der Waals surface area contributed by atoms with E-state index < -0.39 is 9.84 Å². The Labute approximate surface area is 161 Å². The van der Waals surface area contributed by atoms with Crippen LogP contribution in [0.15, 0.2) is 29.2 Å². The van der Waals surface area contributed by atoms with E-state index in [-0.39, 0.29) is 23.2 Å². The standard InChI is InChI=1S/C18H26N2O4S.ClH/c1-25(22,23)16-4-2-15(3-5-16)24-13-6-17(21)20-11-8-18(9-12-20)7-10-19-14-18;/h2-5,19H,6-14H2,1H3;1H. The first-order valence-corrected chi connectivity index (χ1v) is 10.7. The van der Waals surface area contributed by atoms with E-state index in [0.29, 0.717) is 24.2 Å². The number of ether oxygens (including phenoxy) is 1. The van der Waals surface area contributed by atoms with E-state index in [4.69, 9.17) is 4.74 Å². The lowest BCUT2D eigenvalue weighted by atomic mass is 9.78. The summed E-state index contributed by atoms with van der Waals surface area (Å²) >= 11 is 0. The molecule has 2 aliphatic rings. The Hall–Kier alpha value is -1.31. The molecule has 2 fully saturated rings. The Kier molecular flexibility index (Phi) is 6.93. The zero-order valence-corrected chi connectivity index (χ0v) is 16.7. The molecule has 2 saturated heterocycles. The number of piperidine rings is 1. The fourth-order valence-corrected chi connectivity index (χ4v) is 4.28. The maximum atomic E-state index is 12.3. The maximum Gasteiger partial charge on any atom is 0.225 e. The molecule has 3 rings (SSSR count). The number of halogens is 1. The second kappa shape index (κ2) is 8.59. The quantitative estimate of drug-likeness (QED) is 0.813. The van der Waals surface area contributed by atoms with E-state index in [1.807, 2.05) is 4.90 Å². The molecule has 1 amide bonds. The van der Waals surface area contributed by atoms with Crippen LogP contribution in [0.25, 0.3) is 0 Å². The summed E-state index contributed by atoms with van der Waals surface area (Å²) in [7, 11) is -3.20. The highest BCUT2D eigenvalue weighted by atomic mass is 35.5. The number of benzene rings is 1. The molecule has 1 N–H and O–H groups in total. The van der Waals surface area contributed by atoms with Crippen molar-refractivity contribution in [1.29, 1.82) is 0 Å². The molecule has 1 aromatic rings. The van der Waals surface area contributed by atoms with E-state index in [1.54, 1.807) is 12.1 Å². The third-order valence-corrected chi connectivity index (χ3v) is 6.47. The van der Waals surface area contributed by atoms with Gasteiger partial charge in [0.25, 0.3) is 0 Å². The number of sulfone groups is 1. The number of nitrogens with one attached hydrogen (secondary N) is 1. The monoisotopic (exact) mass is 402 g/mol. The molecular weight excluding hydrogens is 376 g/mol. The molecule has 146 valence electrons. The van der Waals surface area contributed by atoms with Crippen molar-refractivity contribution in [2.24, 2.45) is 5.41 Å². The molecule has 0 bridgehead atoms. The molecule has 0 saturated carbocycles. The van der Waals surface area contributed by atoms with Crippen LogP contribution in [0, 0.1) is 5.41 Å². The molecule has 0 unspecified atom stereocenters. The van der Waals surface area contributed by atoms with E-state index in [9.17, 15) is 13.2 Å². The molecular formula is C18H27ClN2O4S. The predicted molar refractivity (Wildman–Crippen MR) is 103 cm³/mol. The van der Waals surface area contributed by atoms with Crippen LogP contribution in [0.4, 0.5) is 0 Å². The average Bonchev–Trinajstić information content (AvgIpc) is 3.03. The van der Waals surface area contributed by atoms with E-state index in [0.717, 1.165) is 39.0 Å². The Morgan fingerprint density at radius 3 is 2.38 bits per heavy atom. The van der Waals surface area contributed by atoms with Gasteiger partial charge >= 0.3 is 0 Å². The fourth-order valence-electron chi connectivity index (χ4n) is 3.65. The summed E-state index contributed by atoms with van der Waals surface area (Å²) in [6.45, 7) is 4.16. The topological polar surface area (TPSA) is 75.7 Å². The smallest absolute Gasteiger partial charge is 0.225 e. The van der Waals surface area contributed by atoms with Gasteiger partial charge in [0.15, 0.2) is 9.84 Å². The van der Waals surface area contributed by atoms with Crippen molar-refractivity contribution in [2.45, 2.75) is 30.6 Å². The molecule has 26 heavy (non-hydrogen) atoms. The summed E-state index contributed by atoms with van der Waals surface area (Å²) in [4.78, 5) is 14.5. The number of carbonyl (C=O) groups is 1. The first-order valence-electron chi connectivity index (χ1n) is 8.79. The molecule has 2 heterocycles. The molecule has 6 nitrogen and oxygen atoms in total. The van der Waals surface area contributed by atoms with Gasteiger partial charge < -0.3 is 15.0 Å². The van der Waals surface area contributed by atoms with E-state index in [2.05, 4.69) is 5.32 Å². The maximum absolute atomic E-state index is 12.3. The highest BCUT2D eigenvalue weighted by molar-refractivity contribution is 7.90. The zero-order valence-electron chi connectivity index (χ0n) is 15.1. The Bertz CT molecular complexity index is 705. The predicted octanol–water partition coefficient (Wildman–Crippen LogP) is 1.88. The molecule has 2 aliphatic heterocycles. The second-order valence-corrected chi connectivity index (χ2v) is 9.17. The van der Waals surface area contributed by atoms with Gasteiger partial charge in [0.1, 0.15) is 5.75 Å². The number of nitrogens with zero attached hydrogens (tertiary/aromatic N) is 1. The largest absolute Gasteiger partial charge is 0.493 e. The van der Waals surface area contributed by atoms with Crippen LogP contribution in [0.5, 0.6) is 5.75 Å². The molecule has 0 aliphatic carbocycles. The van der Waals surface area contributed by atoms with Gasteiger partial charge in [-0.25, -0.2) is 8.42 Å². The molecule has 1 aromatic carbocycles. The highest BCUT2D eigenvalue weighted by Gasteiger charge is 2.37. The van der Waals surface area contributed by atoms with Gasteiger partial charge in [-0.1, -0.05) is 0 Å². The molecule has 0 atom stereocenters. The van der Waals surface area contributed by atoms with Gasteiger partial charge in [-0.2, -0.15) is 0 Å². The minimum Gasteiger partial charge on any atom is -0.493 e. The molecule has 0 aromatic heterocycles. The highest BCUT2D eigenvalue weighted by Crippen LogP contribution is 2.36. The third-order valence-electron chi connectivity index (χ3n) is 5.35. The number of hydrogen-bond donors (Lipinski definition) is 1. The van der Waals surface area contributed by atoms with Crippen LogP contribution in [0.3, 0.4) is 0 Å². The minimum absolute atomic E-state index is 0. The Morgan fingerprint density at radius 1 is 1.19 bits per heavy atom. The van der Waals surface area contributed by atoms with Crippen LogP contribution in [-0.2, 0) is 14.6 Å². The van der Waals surface area contributed by atoms with Crippen molar-refractivity contribution in [3.8, 4) is 5.75 Å². The van der Waals surface area contributed by atoms with Gasteiger partial charge in [0.2, 0.25) is 5.91 Å². The summed E-state index contributed by atoms with van der Waals surface area (Å²) in [5.41, 5.74) is 0.411. The lowest BCUT2D eigenvalue weighted by molar-refractivity contribution is -0.133.